The number of aliphatic carboxylic acids is 2. The van der Waals surface area contributed by atoms with E-state index < -0.39 is 53.3 Å². The van der Waals surface area contributed by atoms with E-state index in [1.165, 1.54) is 0 Å². The van der Waals surface area contributed by atoms with Gasteiger partial charge in [0.05, 0.1) is 6.42 Å². The maximum atomic E-state index is 13.3. The molecule has 0 aliphatic carbocycles. The lowest BCUT2D eigenvalue weighted by molar-refractivity contribution is -0.145. The summed E-state index contributed by atoms with van der Waals surface area (Å²) in [7, 11) is 0. The second kappa shape index (κ2) is 6.04. The molecular weight excluding hydrogens is 283 g/mol. The third kappa shape index (κ3) is 3.70. The van der Waals surface area contributed by atoms with Crippen LogP contribution in [0.15, 0.2) is 12.1 Å². The molecule has 9 heteroatoms. The van der Waals surface area contributed by atoms with Gasteiger partial charge in [0.2, 0.25) is 0 Å². The third-order valence-electron chi connectivity index (χ3n) is 2.22. The molecule has 0 aromatic heterocycles. The van der Waals surface area contributed by atoms with Gasteiger partial charge in [-0.05, 0) is 0 Å². The monoisotopic (exact) mass is 291 g/mol. The number of carbonyl (C=O) groups excluding carboxylic acids is 1. The predicted octanol–water partition coefficient (Wildman–Crippen LogP) is 0.762. The summed E-state index contributed by atoms with van der Waals surface area (Å²) in [5.74, 6) is -9.02. The molecule has 3 N–H and O–H groups in total. The van der Waals surface area contributed by atoms with E-state index in [1.54, 1.807) is 5.32 Å². The average Bonchev–Trinajstić information content (AvgIpc) is 2.25. The van der Waals surface area contributed by atoms with Crippen LogP contribution in [-0.4, -0.2) is 34.1 Å². The van der Waals surface area contributed by atoms with Gasteiger partial charge in [-0.25, -0.2) is 18.0 Å². The summed E-state index contributed by atoms with van der Waals surface area (Å²) in [5, 5.41) is 18.8. The van der Waals surface area contributed by atoms with Crippen molar-refractivity contribution < 1.29 is 37.8 Å². The van der Waals surface area contributed by atoms with E-state index >= 15 is 0 Å². The SMILES string of the molecule is O=C(O)CC(NC(=O)c1c(F)cc(F)cc1F)C(=O)O. The van der Waals surface area contributed by atoms with Gasteiger partial charge < -0.3 is 15.5 Å². The standard InChI is InChI=1S/C11H8F3NO5/c12-4-1-5(13)9(6(14)2-4)10(18)15-7(11(19)20)3-8(16)17/h1-2,7H,3H2,(H,15,18)(H,16,17)(H,19,20). The Morgan fingerprint density at radius 2 is 1.60 bits per heavy atom. The summed E-state index contributed by atoms with van der Waals surface area (Å²) in [6.45, 7) is 0. The topological polar surface area (TPSA) is 104 Å². The number of hydrogen-bond donors (Lipinski definition) is 3. The summed E-state index contributed by atoms with van der Waals surface area (Å²) in [6, 6.07) is -1.39. The smallest absolute Gasteiger partial charge is 0.326 e. The highest BCUT2D eigenvalue weighted by molar-refractivity contribution is 5.97. The zero-order valence-corrected chi connectivity index (χ0v) is 9.69. The van der Waals surface area contributed by atoms with Crippen molar-refractivity contribution >= 4 is 17.8 Å². The van der Waals surface area contributed by atoms with Gasteiger partial charge in [0.1, 0.15) is 29.1 Å². The fourth-order valence-electron chi connectivity index (χ4n) is 1.36. The molecule has 0 saturated carbocycles. The molecule has 1 atom stereocenters. The van der Waals surface area contributed by atoms with Crippen LogP contribution >= 0.6 is 0 Å². The normalized spacial score (nSPS) is 11.8. The number of rotatable bonds is 5. The lowest BCUT2D eigenvalue weighted by atomic mass is 10.1. The highest BCUT2D eigenvalue weighted by atomic mass is 19.1. The lowest BCUT2D eigenvalue weighted by Gasteiger charge is -2.13. The number of hydrogen-bond acceptors (Lipinski definition) is 3. The van der Waals surface area contributed by atoms with Gasteiger partial charge >= 0.3 is 11.9 Å². The van der Waals surface area contributed by atoms with Gasteiger partial charge in [-0.15, -0.1) is 0 Å². The summed E-state index contributed by atoms with van der Waals surface area (Å²) < 4.78 is 39.2. The van der Waals surface area contributed by atoms with Crippen LogP contribution in [0.25, 0.3) is 0 Å². The van der Waals surface area contributed by atoms with Gasteiger partial charge in [-0.1, -0.05) is 0 Å². The molecular formula is C11H8F3NO5. The molecule has 0 bridgehead atoms. The maximum absolute atomic E-state index is 13.3. The quantitative estimate of drug-likeness (QED) is 0.743. The number of halogens is 3. The Kier molecular flexibility index (Phi) is 4.68. The molecule has 1 aromatic carbocycles. The summed E-state index contributed by atoms with van der Waals surface area (Å²) in [6.07, 6.45) is -0.981. The van der Waals surface area contributed by atoms with E-state index in [0.717, 1.165) is 0 Å². The van der Waals surface area contributed by atoms with Crippen molar-refractivity contribution in [1.29, 1.82) is 0 Å². The molecule has 108 valence electrons. The van der Waals surface area contributed by atoms with Gasteiger partial charge in [-0.2, -0.15) is 0 Å². The Balaban J connectivity index is 3.01. The van der Waals surface area contributed by atoms with E-state index in [4.69, 9.17) is 10.2 Å². The van der Waals surface area contributed by atoms with E-state index in [1.807, 2.05) is 0 Å². The van der Waals surface area contributed by atoms with Gasteiger partial charge in [0, 0.05) is 12.1 Å². The molecule has 6 nitrogen and oxygen atoms in total. The Morgan fingerprint density at radius 1 is 1.10 bits per heavy atom. The molecule has 20 heavy (non-hydrogen) atoms. The number of carbonyl (C=O) groups is 3. The van der Waals surface area contributed by atoms with Crippen LogP contribution in [-0.2, 0) is 9.59 Å². The van der Waals surface area contributed by atoms with Crippen molar-refractivity contribution in [3.63, 3.8) is 0 Å². The second-order valence-corrected chi connectivity index (χ2v) is 3.71. The molecule has 0 fully saturated rings. The number of benzene rings is 1. The van der Waals surface area contributed by atoms with Crippen LogP contribution in [0.1, 0.15) is 16.8 Å². The van der Waals surface area contributed by atoms with E-state index in [2.05, 4.69) is 0 Å². The first-order valence-corrected chi connectivity index (χ1v) is 5.12. The third-order valence-corrected chi connectivity index (χ3v) is 2.22. The van der Waals surface area contributed by atoms with E-state index in [0.29, 0.717) is 0 Å². The molecule has 0 saturated heterocycles. The largest absolute Gasteiger partial charge is 0.481 e. The molecule has 1 aromatic rings. The molecule has 0 radical (unpaired) electrons. The highest BCUT2D eigenvalue weighted by Gasteiger charge is 2.26. The molecule has 1 amide bonds. The molecule has 1 unspecified atom stereocenters. The van der Waals surface area contributed by atoms with E-state index in [-0.39, 0.29) is 12.1 Å². The summed E-state index contributed by atoms with van der Waals surface area (Å²) in [4.78, 5) is 32.6. The van der Waals surface area contributed by atoms with Crippen LogP contribution in [0.3, 0.4) is 0 Å². The minimum Gasteiger partial charge on any atom is -0.481 e. The fraction of sp³-hybridized carbons (Fsp3) is 0.182. The maximum Gasteiger partial charge on any atom is 0.326 e. The lowest BCUT2D eigenvalue weighted by Crippen LogP contribution is -2.42. The van der Waals surface area contributed by atoms with Crippen molar-refractivity contribution in [2.75, 3.05) is 0 Å². The minimum atomic E-state index is -1.87. The van der Waals surface area contributed by atoms with Crippen LogP contribution in [0.2, 0.25) is 0 Å². The van der Waals surface area contributed by atoms with Crippen LogP contribution in [0.5, 0.6) is 0 Å². The first-order valence-electron chi connectivity index (χ1n) is 5.12. The number of carboxylic acid groups (broad SMARTS) is 2. The summed E-state index contributed by atoms with van der Waals surface area (Å²) in [5.41, 5.74) is -1.19. The van der Waals surface area contributed by atoms with Gasteiger partial charge in [0.15, 0.2) is 0 Å². The Hall–Kier alpha value is -2.58. The Labute approximate surface area is 109 Å². The molecule has 0 spiro atoms. The zero-order valence-electron chi connectivity index (χ0n) is 9.69. The predicted molar refractivity (Wildman–Crippen MR) is 57.5 cm³/mol. The van der Waals surface area contributed by atoms with Crippen LogP contribution < -0.4 is 5.32 Å². The molecule has 0 heterocycles. The number of amides is 1. The van der Waals surface area contributed by atoms with Crippen LogP contribution in [0, 0.1) is 17.5 Å². The van der Waals surface area contributed by atoms with E-state index in [9.17, 15) is 27.6 Å². The van der Waals surface area contributed by atoms with Crippen LogP contribution in [0.4, 0.5) is 13.2 Å². The van der Waals surface area contributed by atoms with Crippen molar-refractivity contribution in [2.45, 2.75) is 12.5 Å². The van der Waals surface area contributed by atoms with Crippen molar-refractivity contribution in [3.05, 3.63) is 35.1 Å². The Morgan fingerprint density at radius 3 is 2.00 bits per heavy atom. The van der Waals surface area contributed by atoms with Crippen molar-refractivity contribution in [2.24, 2.45) is 0 Å². The average molecular weight is 291 g/mol. The van der Waals surface area contributed by atoms with Crippen molar-refractivity contribution in [1.82, 2.24) is 5.32 Å². The zero-order chi connectivity index (χ0) is 15.4. The first-order chi connectivity index (χ1) is 9.22. The highest BCUT2D eigenvalue weighted by Crippen LogP contribution is 2.15. The molecule has 0 aliphatic heterocycles. The van der Waals surface area contributed by atoms with Crippen molar-refractivity contribution in [3.8, 4) is 0 Å². The number of carboxylic acids is 2. The fourth-order valence-corrected chi connectivity index (χ4v) is 1.36. The first kappa shape index (κ1) is 15.5. The minimum absolute atomic E-state index is 0.241. The second-order valence-electron chi connectivity index (χ2n) is 3.71. The Bertz CT molecular complexity index is 552. The molecule has 0 aliphatic rings. The molecule has 1 rings (SSSR count). The summed E-state index contributed by atoms with van der Waals surface area (Å²) >= 11 is 0. The van der Waals surface area contributed by atoms with Gasteiger partial charge in [-0.3, -0.25) is 9.59 Å². The number of nitrogens with one attached hydrogen (secondary N) is 1. The van der Waals surface area contributed by atoms with Gasteiger partial charge in [0.25, 0.3) is 5.91 Å².